The van der Waals surface area contributed by atoms with Crippen LogP contribution in [0.5, 0.6) is 0 Å². The molecule has 1 heterocycles. The number of nitrogens with one attached hydrogen (secondary N) is 1. The number of carboxylic acids is 1. The lowest BCUT2D eigenvalue weighted by Gasteiger charge is -2.34. The monoisotopic (exact) mass is 243 g/mol. The molecule has 1 fully saturated rings. The highest BCUT2D eigenvalue weighted by atomic mass is 16.4. The van der Waals surface area contributed by atoms with Gasteiger partial charge in [0.1, 0.15) is 0 Å². The van der Waals surface area contributed by atoms with Gasteiger partial charge in [-0.3, -0.25) is 0 Å². The van der Waals surface area contributed by atoms with E-state index in [4.69, 9.17) is 5.11 Å². The van der Waals surface area contributed by atoms with Gasteiger partial charge in [-0.15, -0.1) is 0 Å². The smallest absolute Gasteiger partial charge is 0.328 e. The van der Waals surface area contributed by atoms with E-state index in [1.807, 2.05) is 6.07 Å². The molecule has 1 aromatic rings. The summed E-state index contributed by atoms with van der Waals surface area (Å²) >= 11 is 0. The second-order valence-electron chi connectivity index (χ2n) is 5.26. The number of carbonyl (C=O) groups is 1. The van der Waals surface area contributed by atoms with Gasteiger partial charge < -0.3 is 10.4 Å². The molecule has 2 aliphatic rings. The summed E-state index contributed by atoms with van der Waals surface area (Å²) in [6, 6.07) is 8.28. The van der Waals surface area contributed by atoms with Gasteiger partial charge in [0.05, 0.1) is 0 Å². The van der Waals surface area contributed by atoms with Crippen molar-refractivity contribution in [3.63, 3.8) is 0 Å². The first-order chi connectivity index (χ1) is 8.71. The number of fused-ring (bicyclic) bond motifs is 2. The summed E-state index contributed by atoms with van der Waals surface area (Å²) in [4.78, 5) is 10.9. The van der Waals surface area contributed by atoms with Crippen LogP contribution in [0.3, 0.4) is 0 Å². The predicted octanol–water partition coefficient (Wildman–Crippen LogP) is 2.18. The van der Waals surface area contributed by atoms with Crippen molar-refractivity contribution >= 4 is 11.5 Å². The third kappa shape index (κ3) is 1.75. The minimum Gasteiger partial charge on any atom is -0.478 e. The fourth-order valence-electron chi connectivity index (χ4n) is 3.41. The van der Waals surface area contributed by atoms with Crippen LogP contribution in [0.2, 0.25) is 0 Å². The summed E-state index contributed by atoms with van der Waals surface area (Å²) in [5.74, 6) is -0.842. The Kier molecular flexibility index (Phi) is 2.71. The maximum absolute atomic E-state index is 10.9. The summed E-state index contributed by atoms with van der Waals surface area (Å²) < 4.78 is 0. The number of hydrogen-bond acceptors (Lipinski definition) is 2. The lowest BCUT2D eigenvalue weighted by molar-refractivity contribution is -0.131. The molecule has 3 heteroatoms. The van der Waals surface area contributed by atoms with Gasteiger partial charge in [0, 0.05) is 11.5 Å². The third-order valence-electron chi connectivity index (χ3n) is 4.23. The first kappa shape index (κ1) is 11.5. The van der Waals surface area contributed by atoms with E-state index in [0.29, 0.717) is 0 Å². The molecule has 1 spiro atoms. The zero-order chi connectivity index (χ0) is 12.6. The number of aliphatic carboxylic acids is 1. The van der Waals surface area contributed by atoms with Crippen molar-refractivity contribution < 1.29 is 9.90 Å². The van der Waals surface area contributed by atoms with E-state index >= 15 is 0 Å². The minimum absolute atomic E-state index is 0.170. The molecule has 1 aliphatic carbocycles. The Labute approximate surface area is 107 Å². The molecule has 3 nitrogen and oxygen atoms in total. The van der Waals surface area contributed by atoms with Crippen molar-refractivity contribution in [2.24, 2.45) is 0 Å². The van der Waals surface area contributed by atoms with E-state index in [1.165, 1.54) is 11.6 Å². The van der Waals surface area contributed by atoms with Gasteiger partial charge in [-0.2, -0.15) is 0 Å². The number of carboxylic acid groups (broad SMARTS) is 1. The van der Waals surface area contributed by atoms with E-state index < -0.39 is 5.97 Å². The van der Waals surface area contributed by atoms with Crippen LogP contribution in [-0.4, -0.2) is 24.2 Å². The Morgan fingerprint density at radius 1 is 1.28 bits per heavy atom. The maximum Gasteiger partial charge on any atom is 0.328 e. The van der Waals surface area contributed by atoms with Crippen molar-refractivity contribution in [2.45, 2.75) is 24.7 Å². The summed E-state index contributed by atoms with van der Waals surface area (Å²) in [5.41, 5.74) is 3.64. The van der Waals surface area contributed by atoms with Crippen LogP contribution in [0.1, 0.15) is 30.4 Å². The molecular formula is C15H17NO2. The molecule has 18 heavy (non-hydrogen) atoms. The van der Waals surface area contributed by atoms with Crippen LogP contribution in [0.4, 0.5) is 0 Å². The third-order valence-corrected chi connectivity index (χ3v) is 4.23. The zero-order valence-corrected chi connectivity index (χ0v) is 10.3. The van der Waals surface area contributed by atoms with Crippen LogP contribution >= 0.6 is 0 Å². The molecule has 0 atom stereocenters. The van der Waals surface area contributed by atoms with Gasteiger partial charge in [0.25, 0.3) is 0 Å². The van der Waals surface area contributed by atoms with Crippen LogP contribution in [0.25, 0.3) is 5.57 Å². The van der Waals surface area contributed by atoms with Crippen LogP contribution in [0.15, 0.2) is 30.3 Å². The van der Waals surface area contributed by atoms with Gasteiger partial charge in [0.15, 0.2) is 0 Å². The molecule has 0 aromatic heterocycles. The van der Waals surface area contributed by atoms with Gasteiger partial charge in [-0.1, -0.05) is 24.3 Å². The van der Waals surface area contributed by atoms with E-state index in [-0.39, 0.29) is 5.41 Å². The largest absolute Gasteiger partial charge is 0.478 e. The molecule has 0 radical (unpaired) electrons. The molecule has 1 saturated heterocycles. The molecule has 0 saturated carbocycles. The van der Waals surface area contributed by atoms with Crippen molar-refractivity contribution in [1.82, 2.24) is 5.32 Å². The normalized spacial score (nSPS) is 23.2. The van der Waals surface area contributed by atoms with Crippen molar-refractivity contribution in [1.29, 1.82) is 0 Å². The molecular weight excluding hydrogens is 226 g/mol. The van der Waals surface area contributed by atoms with E-state index in [9.17, 15) is 4.79 Å². The topological polar surface area (TPSA) is 49.3 Å². The predicted molar refractivity (Wildman–Crippen MR) is 70.5 cm³/mol. The lowest BCUT2D eigenvalue weighted by atomic mass is 9.74. The second-order valence-corrected chi connectivity index (χ2v) is 5.26. The Morgan fingerprint density at radius 3 is 2.72 bits per heavy atom. The first-order valence-electron chi connectivity index (χ1n) is 6.45. The average Bonchev–Trinajstić information content (AvgIpc) is 2.65. The Bertz CT molecular complexity index is 513. The Hall–Kier alpha value is -1.61. The highest BCUT2D eigenvalue weighted by Crippen LogP contribution is 2.50. The summed E-state index contributed by atoms with van der Waals surface area (Å²) in [5, 5.41) is 12.4. The number of allylic oxidation sites excluding steroid dienone is 1. The van der Waals surface area contributed by atoms with E-state index in [2.05, 4.69) is 23.5 Å². The van der Waals surface area contributed by atoms with Gasteiger partial charge in [0.2, 0.25) is 0 Å². The van der Waals surface area contributed by atoms with Gasteiger partial charge in [-0.25, -0.2) is 4.79 Å². The molecule has 3 rings (SSSR count). The molecule has 0 amide bonds. The zero-order valence-electron chi connectivity index (χ0n) is 10.3. The fraction of sp³-hybridized carbons (Fsp3) is 0.400. The molecule has 1 aliphatic heterocycles. The van der Waals surface area contributed by atoms with E-state index in [0.717, 1.165) is 43.5 Å². The number of benzene rings is 1. The van der Waals surface area contributed by atoms with Crippen LogP contribution in [-0.2, 0) is 10.2 Å². The summed E-state index contributed by atoms with van der Waals surface area (Å²) in [6.07, 6.45) is 4.46. The molecule has 94 valence electrons. The first-order valence-corrected chi connectivity index (χ1v) is 6.45. The molecule has 0 unspecified atom stereocenters. The van der Waals surface area contributed by atoms with Crippen LogP contribution in [0, 0.1) is 0 Å². The second kappa shape index (κ2) is 4.25. The van der Waals surface area contributed by atoms with Crippen molar-refractivity contribution in [2.75, 3.05) is 13.1 Å². The Balaban J connectivity index is 2.09. The van der Waals surface area contributed by atoms with Crippen LogP contribution < -0.4 is 5.32 Å². The number of piperidine rings is 1. The van der Waals surface area contributed by atoms with Crippen molar-refractivity contribution in [3.8, 4) is 0 Å². The maximum atomic E-state index is 10.9. The van der Waals surface area contributed by atoms with Gasteiger partial charge >= 0.3 is 5.97 Å². The molecule has 2 N–H and O–H groups in total. The quantitative estimate of drug-likeness (QED) is 0.743. The average molecular weight is 243 g/mol. The van der Waals surface area contributed by atoms with Gasteiger partial charge in [-0.05, 0) is 49.1 Å². The SMILES string of the molecule is O=C(O)/C=C1\CC2(CCNCC2)c2ccccc21. The van der Waals surface area contributed by atoms with Crippen molar-refractivity contribution in [3.05, 3.63) is 41.5 Å². The standard InChI is InChI=1S/C15H17NO2/c17-14(18)9-11-10-15(5-7-16-8-6-15)13-4-2-1-3-12(11)13/h1-4,9,16H,5-8,10H2,(H,17,18)/b11-9+. The summed E-state index contributed by atoms with van der Waals surface area (Å²) in [6.45, 7) is 2.05. The minimum atomic E-state index is -0.842. The Morgan fingerprint density at radius 2 is 2.00 bits per heavy atom. The fourth-order valence-corrected chi connectivity index (χ4v) is 3.41. The number of rotatable bonds is 1. The lowest BCUT2D eigenvalue weighted by Crippen LogP contribution is -2.38. The summed E-state index contributed by atoms with van der Waals surface area (Å²) in [7, 11) is 0. The molecule has 1 aromatic carbocycles. The highest BCUT2D eigenvalue weighted by Gasteiger charge is 2.41. The molecule has 0 bridgehead atoms. The number of hydrogen-bond donors (Lipinski definition) is 2. The highest BCUT2D eigenvalue weighted by molar-refractivity contribution is 5.92. The van der Waals surface area contributed by atoms with E-state index in [1.54, 1.807) is 0 Å².